The molecule has 0 bridgehead atoms. The van der Waals surface area contributed by atoms with Crippen molar-refractivity contribution >= 4 is 44.8 Å². The highest BCUT2D eigenvalue weighted by atomic mass is 35.5. The zero-order valence-corrected chi connectivity index (χ0v) is 15.7. The van der Waals surface area contributed by atoms with Gasteiger partial charge in [-0.15, -0.1) is 0 Å². The molecule has 3 N–H and O–H groups in total. The van der Waals surface area contributed by atoms with E-state index in [1.807, 2.05) is 0 Å². The summed E-state index contributed by atoms with van der Waals surface area (Å²) in [6, 6.07) is 11.3. The molecule has 2 aromatic rings. The molecule has 0 radical (unpaired) electrons. The molecule has 7 nitrogen and oxygen atoms in total. The fourth-order valence-electron chi connectivity index (χ4n) is 2.47. The first-order valence-electron chi connectivity index (χ1n) is 7.56. The minimum absolute atomic E-state index is 0.127. The van der Waals surface area contributed by atoms with E-state index in [1.54, 1.807) is 24.3 Å². The molecule has 0 aromatic heterocycles. The number of halogens is 1. The van der Waals surface area contributed by atoms with Crippen molar-refractivity contribution in [3.8, 4) is 0 Å². The first kappa shape index (κ1) is 19.7. The number of sulfonamides is 1. The van der Waals surface area contributed by atoms with E-state index in [-0.39, 0.29) is 16.9 Å². The smallest absolute Gasteiger partial charge is 0.250 e. The van der Waals surface area contributed by atoms with Crippen molar-refractivity contribution in [3.05, 3.63) is 59.1 Å². The largest absolute Gasteiger partial charge is 0.366 e. The predicted molar refractivity (Wildman–Crippen MR) is 102 cm³/mol. The van der Waals surface area contributed by atoms with Crippen LogP contribution in [0.2, 0.25) is 5.02 Å². The zero-order chi connectivity index (χ0) is 19.5. The van der Waals surface area contributed by atoms with Gasteiger partial charge in [-0.1, -0.05) is 29.8 Å². The highest BCUT2D eigenvalue weighted by Crippen LogP contribution is 2.25. The summed E-state index contributed by atoms with van der Waals surface area (Å²) in [7, 11) is -3.78. The summed E-state index contributed by atoms with van der Waals surface area (Å²) in [4.78, 5) is 24.1. The Morgan fingerprint density at radius 2 is 1.81 bits per heavy atom. The molecule has 0 aliphatic heterocycles. The Kier molecular flexibility index (Phi) is 5.89. The number of rotatable bonds is 6. The third-order valence-corrected chi connectivity index (χ3v) is 5.08. The number of nitrogens with one attached hydrogen (secondary N) is 1. The molecular weight excluding hydrogens is 378 g/mol. The van der Waals surface area contributed by atoms with Gasteiger partial charge in [0.25, 0.3) is 5.91 Å². The molecule has 2 rings (SSSR count). The second-order valence-electron chi connectivity index (χ2n) is 5.61. The first-order valence-corrected chi connectivity index (χ1v) is 9.78. The van der Waals surface area contributed by atoms with Crippen LogP contribution in [-0.4, -0.2) is 32.5 Å². The number of hydrogen-bond donors (Lipinski definition) is 2. The Bertz CT molecular complexity index is 947. The van der Waals surface area contributed by atoms with Gasteiger partial charge in [0.05, 0.1) is 23.2 Å². The Balaban J connectivity index is 2.36. The molecule has 0 aliphatic rings. The molecule has 0 heterocycles. The molecule has 0 spiro atoms. The molecule has 0 saturated heterocycles. The third kappa shape index (κ3) is 4.53. The van der Waals surface area contributed by atoms with Crippen molar-refractivity contribution in [2.24, 2.45) is 5.73 Å². The van der Waals surface area contributed by atoms with Crippen LogP contribution in [0.4, 0.5) is 11.4 Å². The van der Waals surface area contributed by atoms with E-state index in [4.69, 9.17) is 17.3 Å². The number of nitrogens with zero attached hydrogens (tertiary/aromatic N) is 1. The summed E-state index contributed by atoms with van der Waals surface area (Å²) < 4.78 is 25.5. The van der Waals surface area contributed by atoms with Gasteiger partial charge in [0.2, 0.25) is 15.9 Å². The number of nitrogens with two attached hydrogens (primary N) is 1. The lowest BCUT2D eigenvalue weighted by molar-refractivity contribution is -0.116. The van der Waals surface area contributed by atoms with Crippen molar-refractivity contribution in [1.82, 2.24) is 0 Å². The van der Waals surface area contributed by atoms with Crippen LogP contribution in [0.3, 0.4) is 0 Å². The predicted octanol–water partition coefficient (Wildman–Crippen LogP) is 2.23. The second-order valence-corrected chi connectivity index (χ2v) is 7.91. The highest BCUT2D eigenvalue weighted by Gasteiger charge is 2.29. The monoisotopic (exact) mass is 395 g/mol. The second kappa shape index (κ2) is 7.76. The maximum Gasteiger partial charge on any atom is 0.250 e. The summed E-state index contributed by atoms with van der Waals surface area (Å²) in [5.41, 5.74) is 5.88. The lowest BCUT2D eigenvalue weighted by atomic mass is 10.1. The number of amides is 2. The van der Waals surface area contributed by atoms with Gasteiger partial charge >= 0.3 is 0 Å². The summed E-state index contributed by atoms with van der Waals surface area (Å²) >= 11 is 5.94. The van der Waals surface area contributed by atoms with Gasteiger partial charge in [-0.05, 0) is 37.3 Å². The molecule has 138 valence electrons. The van der Waals surface area contributed by atoms with E-state index in [2.05, 4.69) is 5.32 Å². The number of para-hydroxylation sites is 1. The van der Waals surface area contributed by atoms with Crippen LogP contribution < -0.4 is 15.4 Å². The zero-order valence-electron chi connectivity index (χ0n) is 14.1. The maximum absolute atomic E-state index is 12.6. The summed E-state index contributed by atoms with van der Waals surface area (Å²) in [6.07, 6.45) is 0.995. The number of primary amides is 1. The van der Waals surface area contributed by atoms with Crippen LogP contribution in [0.1, 0.15) is 17.3 Å². The summed E-state index contributed by atoms with van der Waals surface area (Å²) in [6.45, 7) is 1.43. The van der Waals surface area contributed by atoms with Crippen molar-refractivity contribution in [2.45, 2.75) is 13.0 Å². The average molecular weight is 396 g/mol. The van der Waals surface area contributed by atoms with Crippen LogP contribution in [0.15, 0.2) is 48.5 Å². The molecule has 2 aromatic carbocycles. The van der Waals surface area contributed by atoms with Gasteiger partial charge in [0.15, 0.2) is 0 Å². The van der Waals surface area contributed by atoms with Crippen molar-refractivity contribution < 1.29 is 18.0 Å². The van der Waals surface area contributed by atoms with E-state index in [9.17, 15) is 18.0 Å². The molecule has 1 atom stereocenters. The van der Waals surface area contributed by atoms with Crippen LogP contribution in [0, 0.1) is 0 Å². The number of benzene rings is 2. The molecule has 0 saturated carbocycles. The van der Waals surface area contributed by atoms with E-state index in [0.717, 1.165) is 10.6 Å². The maximum atomic E-state index is 12.6. The summed E-state index contributed by atoms with van der Waals surface area (Å²) in [5.74, 6) is -1.33. The van der Waals surface area contributed by atoms with Crippen molar-refractivity contribution in [1.29, 1.82) is 0 Å². The lowest BCUT2D eigenvalue weighted by Gasteiger charge is -2.28. The topological polar surface area (TPSA) is 110 Å². The SMILES string of the molecule is C[C@H](C(=O)Nc1ccccc1C(N)=O)N(c1cccc(Cl)c1)S(C)(=O)=O. The molecule has 0 aliphatic carbocycles. The standard InChI is InChI=1S/C17H18ClN3O4S/c1-11(17(23)20-15-9-4-3-8-14(15)16(19)22)21(26(2,24)25)13-7-5-6-12(18)10-13/h3-11H,1-2H3,(H2,19,22)(H,20,23)/t11-/m1/s1. The van der Waals surface area contributed by atoms with E-state index in [1.165, 1.54) is 31.2 Å². The molecule has 2 amide bonds. The highest BCUT2D eigenvalue weighted by molar-refractivity contribution is 7.92. The Labute approximate surface area is 156 Å². The van der Waals surface area contributed by atoms with Crippen LogP contribution >= 0.6 is 11.6 Å². The van der Waals surface area contributed by atoms with Crippen LogP contribution in [-0.2, 0) is 14.8 Å². The summed E-state index contributed by atoms with van der Waals surface area (Å²) in [5, 5.41) is 2.89. The Hall–Kier alpha value is -2.58. The van der Waals surface area contributed by atoms with E-state index >= 15 is 0 Å². The van der Waals surface area contributed by atoms with Crippen molar-refractivity contribution in [3.63, 3.8) is 0 Å². The Morgan fingerprint density at radius 3 is 2.38 bits per heavy atom. The molecule has 0 fully saturated rings. The van der Waals surface area contributed by atoms with Crippen LogP contribution in [0.5, 0.6) is 0 Å². The van der Waals surface area contributed by atoms with Gasteiger partial charge < -0.3 is 11.1 Å². The van der Waals surface area contributed by atoms with Crippen molar-refractivity contribution in [2.75, 3.05) is 15.9 Å². The number of carbonyl (C=O) groups excluding carboxylic acids is 2. The molecule has 26 heavy (non-hydrogen) atoms. The van der Waals surface area contributed by atoms with Gasteiger partial charge in [-0.2, -0.15) is 0 Å². The molecular formula is C17H18ClN3O4S. The van der Waals surface area contributed by atoms with E-state index < -0.39 is 27.9 Å². The van der Waals surface area contributed by atoms with Gasteiger partial charge in [-0.3, -0.25) is 13.9 Å². The van der Waals surface area contributed by atoms with Gasteiger partial charge in [0.1, 0.15) is 6.04 Å². The lowest BCUT2D eigenvalue weighted by Crippen LogP contribution is -2.45. The number of carbonyl (C=O) groups is 2. The fourth-order valence-corrected chi connectivity index (χ4v) is 3.82. The number of anilines is 2. The minimum atomic E-state index is -3.78. The number of hydrogen-bond acceptors (Lipinski definition) is 4. The molecule has 0 unspecified atom stereocenters. The minimum Gasteiger partial charge on any atom is -0.366 e. The quantitative estimate of drug-likeness (QED) is 0.781. The Morgan fingerprint density at radius 1 is 1.15 bits per heavy atom. The van der Waals surface area contributed by atoms with Gasteiger partial charge in [0, 0.05) is 5.02 Å². The average Bonchev–Trinajstić information content (AvgIpc) is 2.54. The fraction of sp³-hybridized carbons (Fsp3) is 0.176. The van der Waals surface area contributed by atoms with Crippen LogP contribution in [0.25, 0.3) is 0 Å². The molecule has 9 heteroatoms. The third-order valence-electron chi connectivity index (χ3n) is 3.60. The normalized spacial score (nSPS) is 12.3. The first-order chi connectivity index (χ1) is 12.1. The van der Waals surface area contributed by atoms with E-state index in [0.29, 0.717) is 5.02 Å². The van der Waals surface area contributed by atoms with Gasteiger partial charge in [-0.25, -0.2) is 8.42 Å².